The maximum atomic E-state index is 10.8. The number of rotatable bonds is 5. The zero-order valence-electron chi connectivity index (χ0n) is 9.52. The van der Waals surface area contributed by atoms with Crippen LogP contribution in [0.2, 0.25) is 10.3 Å². The molecule has 0 bridgehead atoms. The van der Waals surface area contributed by atoms with Crippen LogP contribution < -0.4 is 4.90 Å². The lowest BCUT2D eigenvalue weighted by molar-refractivity contribution is -0.140. The predicted molar refractivity (Wildman–Crippen MR) is 66.7 cm³/mol. The Kier molecular flexibility index (Phi) is 4.96. The molecule has 1 rings (SSSR count). The molecule has 0 aromatic carbocycles. The highest BCUT2D eigenvalue weighted by atomic mass is 35.5. The van der Waals surface area contributed by atoms with Gasteiger partial charge in [-0.1, -0.05) is 30.1 Å². The van der Waals surface area contributed by atoms with E-state index >= 15 is 0 Å². The van der Waals surface area contributed by atoms with Crippen molar-refractivity contribution in [2.24, 2.45) is 5.92 Å². The quantitative estimate of drug-likeness (QED) is 0.895. The van der Waals surface area contributed by atoms with Gasteiger partial charge in [0.15, 0.2) is 10.3 Å². The summed E-state index contributed by atoms with van der Waals surface area (Å²) in [5.74, 6) is -1.36. The molecule has 0 spiro atoms. The summed E-state index contributed by atoms with van der Waals surface area (Å²) in [6, 6.07) is 1.58. The standard InChI is InChI=1S/C10H13Cl2N3O2/c1-3-15(5-6(2)10(16)17)7-4-8(11)13-14-9(7)12/h4,6H,3,5H2,1-2H3,(H,16,17). The van der Waals surface area contributed by atoms with Crippen LogP contribution in [0.15, 0.2) is 6.07 Å². The third-order valence-corrected chi connectivity index (χ3v) is 2.79. The molecule has 0 saturated carbocycles. The minimum atomic E-state index is -0.854. The van der Waals surface area contributed by atoms with E-state index in [4.69, 9.17) is 28.3 Å². The second kappa shape index (κ2) is 6.02. The van der Waals surface area contributed by atoms with Gasteiger partial charge in [-0.05, 0) is 6.92 Å². The van der Waals surface area contributed by atoms with Gasteiger partial charge in [0.25, 0.3) is 0 Å². The Morgan fingerprint density at radius 3 is 2.71 bits per heavy atom. The van der Waals surface area contributed by atoms with Crippen molar-refractivity contribution in [3.63, 3.8) is 0 Å². The molecule has 5 nitrogen and oxygen atoms in total. The number of aliphatic carboxylic acids is 1. The highest BCUT2D eigenvalue weighted by Crippen LogP contribution is 2.25. The van der Waals surface area contributed by atoms with E-state index in [-0.39, 0.29) is 10.3 Å². The van der Waals surface area contributed by atoms with Gasteiger partial charge in [-0.3, -0.25) is 4.79 Å². The number of halogens is 2. The summed E-state index contributed by atoms with van der Waals surface area (Å²) in [6.45, 7) is 4.49. The van der Waals surface area contributed by atoms with Crippen molar-refractivity contribution >= 4 is 34.9 Å². The van der Waals surface area contributed by atoms with Gasteiger partial charge < -0.3 is 10.0 Å². The Hall–Kier alpha value is -1.07. The van der Waals surface area contributed by atoms with Crippen molar-refractivity contribution in [1.82, 2.24) is 10.2 Å². The van der Waals surface area contributed by atoms with Crippen LogP contribution in [0.4, 0.5) is 5.69 Å². The van der Waals surface area contributed by atoms with Gasteiger partial charge in [0.2, 0.25) is 0 Å². The van der Waals surface area contributed by atoms with E-state index in [1.165, 1.54) is 0 Å². The highest BCUT2D eigenvalue weighted by molar-refractivity contribution is 6.33. The molecule has 0 aliphatic carbocycles. The topological polar surface area (TPSA) is 66.3 Å². The second-order valence-corrected chi connectivity index (χ2v) is 4.37. The largest absolute Gasteiger partial charge is 0.481 e. The molecule has 1 unspecified atom stereocenters. The lowest BCUT2D eigenvalue weighted by atomic mass is 10.1. The first kappa shape index (κ1) is 14.0. The monoisotopic (exact) mass is 277 g/mol. The number of nitrogens with zero attached hydrogens (tertiary/aromatic N) is 3. The zero-order valence-corrected chi connectivity index (χ0v) is 11.0. The molecule has 1 N–H and O–H groups in total. The van der Waals surface area contributed by atoms with Gasteiger partial charge >= 0.3 is 5.97 Å². The minimum absolute atomic E-state index is 0.217. The maximum absolute atomic E-state index is 10.8. The van der Waals surface area contributed by atoms with Crippen LogP contribution >= 0.6 is 23.2 Å². The molecule has 1 heterocycles. The Labute approximate surface area is 109 Å². The van der Waals surface area contributed by atoms with E-state index < -0.39 is 11.9 Å². The number of carboxylic acids is 1. The Morgan fingerprint density at radius 1 is 1.53 bits per heavy atom. The van der Waals surface area contributed by atoms with Gasteiger partial charge in [-0.25, -0.2) is 0 Å². The fourth-order valence-electron chi connectivity index (χ4n) is 1.37. The zero-order chi connectivity index (χ0) is 13.0. The van der Waals surface area contributed by atoms with E-state index in [0.29, 0.717) is 18.8 Å². The van der Waals surface area contributed by atoms with Crippen LogP contribution in [0.25, 0.3) is 0 Å². The minimum Gasteiger partial charge on any atom is -0.481 e. The van der Waals surface area contributed by atoms with Crippen LogP contribution in [0.1, 0.15) is 13.8 Å². The van der Waals surface area contributed by atoms with Gasteiger partial charge in [-0.15, -0.1) is 10.2 Å². The summed E-state index contributed by atoms with van der Waals surface area (Å²) < 4.78 is 0. The number of carboxylic acid groups (broad SMARTS) is 1. The van der Waals surface area contributed by atoms with E-state index in [2.05, 4.69) is 10.2 Å². The van der Waals surface area contributed by atoms with Gasteiger partial charge in [0.1, 0.15) is 0 Å². The number of carbonyl (C=O) groups is 1. The van der Waals surface area contributed by atoms with Crippen molar-refractivity contribution in [2.75, 3.05) is 18.0 Å². The Balaban J connectivity index is 2.93. The summed E-state index contributed by atoms with van der Waals surface area (Å²) in [5.41, 5.74) is 0.599. The van der Waals surface area contributed by atoms with Crippen LogP contribution in [0.5, 0.6) is 0 Å². The predicted octanol–water partition coefficient (Wildman–Crippen LogP) is 2.33. The molecule has 1 aromatic rings. The van der Waals surface area contributed by atoms with Gasteiger partial charge in [-0.2, -0.15) is 0 Å². The molecule has 94 valence electrons. The maximum Gasteiger partial charge on any atom is 0.308 e. The average Bonchev–Trinajstić information content (AvgIpc) is 2.29. The first-order chi connectivity index (χ1) is 7.95. The van der Waals surface area contributed by atoms with E-state index in [9.17, 15) is 4.79 Å². The Morgan fingerprint density at radius 2 is 2.18 bits per heavy atom. The molecule has 0 fully saturated rings. The summed E-state index contributed by atoms with van der Waals surface area (Å²) in [6.07, 6.45) is 0. The fraction of sp³-hybridized carbons (Fsp3) is 0.500. The van der Waals surface area contributed by atoms with E-state index in [1.54, 1.807) is 13.0 Å². The van der Waals surface area contributed by atoms with Crippen LogP contribution in [-0.4, -0.2) is 34.4 Å². The van der Waals surface area contributed by atoms with Crippen molar-refractivity contribution < 1.29 is 9.90 Å². The molecule has 7 heteroatoms. The normalized spacial score (nSPS) is 12.2. The molecule has 0 radical (unpaired) electrons. The highest BCUT2D eigenvalue weighted by Gasteiger charge is 2.18. The third kappa shape index (κ3) is 3.71. The Bertz CT molecular complexity index is 415. The lowest BCUT2D eigenvalue weighted by Gasteiger charge is -2.25. The smallest absolute Gasteiger partial charge is 0.308 e. The SMILES string of the molecule is CCN(CC(C)C(=O)O)c1cc(Cl)nnc1Cl. The molecule has 0 amide bonds. The molecular formula is C10H13Cl2N3O2. The molecule has 0 saturated heterocycles. The molecule has 1 aromatic heterocycles. The van der Waals surface area contributed by atoms with Crippen molar-refractivity contribution in [3.05, 3.63) is 16.4 Å². The molecular weight excluding hydrogens is 265 g/mol. The van der Waals surface area contributed by atoms with Gasteiger partial charge in [0.05, 0.1) is 11.6 Å². The van der Waals surface area contributed by atoms with Crippen molar-refractivity contribution in [2.45, 2.75) is 13.8 Å². The molecule has 0 aliphatic heterocycles. The van der Waals surface area contributed by atoms with E-state index in [0.717, 1.165) is 0 Å². The number of hydrogen-bond acceptors (Lipinski definition) is 4. The van der Waals surface area contributed by atoms with Gasteiger partial charge in [0, 0.05) is 19.2 Å². The lowest BCUT2D eigenvalue weighted by Crippen LogP contribution is -2.32. The number of hydrogen-bond donors (Lipinski definition) is 1. The molecule has 0 aliphatic rings. The second-order valence-electron chi connectivity index (χ2n) is 3.62. The van der Waals surface area contributed by atoms with Crippen LogP contribution in [0, 0.1) is 5.92 Å². The molecule has 17 heavy (non-hydrogen) atoms. The summed E-state index contributed by atoms with van der Waals surface area (Å²) in [7, 11) is 0. The van der Waals surface area contributed by atoms with Crippen molar-refractivity contribution in [1.29, 1.82) is 0 Å². The number of anilines is 1. The fourth-order valence-corrected chi connectivity index (χ4v) is 1.73. The summed E-state index contributed by atoms with van der Waals surface area (Å²) in [4.78, 5) is 12.6. The number of aromatic nitrogens is 2. The van der Waals surface area contributed by atoms with Crippen molar-refractivity contribution in [3.8, 4) is 0 Å². The summed E-state index contributed by atoms with van der Waals surface area (Å²) >= 11 is 11.7. The van der Waals surface area contributed by atoms with Crippen LogP contribution in [-0.2, 0) is 4.79 Å². The van der Waals surface area contributed by atoms with E-state index in [1.807, 2.05) is 11.8 Å². The first-order valence-corrected chi connectivity index (χ1v) is 5.87. The van der Waals surface area contributed by atoms with Crippen LogP contribution in [0.3, 0.4) is 0 Å². The summed E-state index contributed by atoms with van der Waals surface area (Å²) in [5, 5.41) is 16.6. The molecule has 1 atom stereocenters. The third-order valence-electron chi connectivity index (χ3n) is 2.34. The average molecular weight is 278 g/mol. The first-order valence-electron chi connectivity index (χ1n) is 5.12.